The van der Waals surface area contributed by atoms with Crippen molar-refractivity contribution in [1.82, 2.24) is 10.6 Å². The van der Waals surface area contributed by atoms with Gasteiger partial charge in [-0.15, -0.1) is 0 Å². The standard InChI is InChI=1S/C19H22N4O4/c1-13-8-9-16(17(12-13)23(26)27)22-19(25)18(15-6-4-3-5-7-15)21-11-10-20-14(2)24/h3-9,12,18,21H,10-11H2,1-2H3,(H,20,24)(H,22,25)/t18-/m1/s1. The molecule has 2 amide bonds. The monoisotopic (exact) mass is 370 g/mol. The summed E-state index contributed by atoms with van der Waals surface area (Å²) in [7, 11) is 0. The van der Waals surface area contributed by atoms with Crippen LogP contribution < -0.4 is 16.0 Å². The van der Waals surface area contributed by atoms with Gasteiger partial charge in [0.25, 0.3) is 5.69 Å². The van der Waals surface area contributed by atoms with E-state index in [1.165, 1.54) is 19.1 Å². The van der Waals surface area contributed by atoms with E-state index in [9.17, 15) is 19.7 Å². The molecule has 142 valence electrons. The lowest BCUT2D eigenvalue weighted by Gasteiger charge is -2.19. The van der Waals surface area contributed by atoms with Crippen LogP contribution in [0.1, 0.15) is 24.1 Å². The second-order valence-electron chi connectivity index (χ2n) is 6.05. The summed E-state index contributed by atoms with van der Waals surface area (Å²) in [6.07, 6.45) is 0. The molecular formula is C19H22N4O4. The molecule has 0 unspecified atom stereocenters. The fourth-order valence-corrected chi connectivity index (χ4v) is 2.57. The summed E-state index contributed by atoms with van der Waals surface area (Å²) in [5, 5.41) is 19.6. The summed E-state index contributed by atoms with van der Waals surface area (Å²) in [5.74, 6) is -0.580. The van der Waals surface area contributed by atoms with Gasteiger partial charge in [0.1, 0.15) is 11.7 Å². The van der Waals surface area contributed by atoms with E-state index in [1.54, 1.807) is 37.3 Å². The third-order valence-corrected chi connectivity index (χ3v) is 3.85. The number of hydrogen-bond acceptors (Lipinski definition) is 5. The number of benzene rings is 2. The SMILES string of the molecule is CC(=O)NCCN[C@@H](C(=O)Nc1ccc(C)cc1[N+](=O)[O-])c1ccccc1. The summed E-state index contributed by atoms with van der Waals surface area (Å²) >= 11 is 0. The number of carbonyl (C=O) groups excluding carboxylic acids is 2. The Balaban J connectivity index is 2.19. The van der Waals surface area contributed by atoms with Gasteiger partial charge in [-0.05, 0) is 24.1 Å². The van der Waals surface area contributed by atoms with Gasteiger partial charge in [0.05, 0.1) is 4.92 Å². The Labute approximate surface area is 157 Å². The van der Waals surface area contributed by atoms with E-state index < -0.39 is 16.9 Å². The molecule has 0 aliphatic carbocycles. The molecule has 3 N–H and O–H groups in total. The maximum atomic E-state index is 12.8. The second kappa shape index (κ2) is 9.44. The number of anilines is 1. The minimum absolute atomic E-state index is 0.139. The van der Waals surface area contributed by atoms with Crippen molar-refractivity contribution < 1.29 is 14.5 Å². The first-order valence-electron chi connectivity index (χ1n) is 8.47. The van der Waals surface area contributed by atoms with Gasteiger partial charge in [0.2, 0.25) is 11.8 Å². The first kappa shape index (κ1) is 20.1. The molecule has 0 saturated heterocycles. The molecule has 0 aliphatic heterocycles. The lowest BCUT2D eigenvalue weighted by atomic mass is 10.1. The summed E-state index contributed by atoms with van der Waals surface area (Å²) < 4.78 is 0. The van der Waals surface area contributed by atoms with Crippen molar-refractivity contribution in [3.63, 3.8) is 0 Å². The summed E-state index contributed by atoms with van der Waals surface area (Å²) in [6.45, 7) is 3.88. The average Bonchev–Trinajstić information content (AvgIpc) is 2.63. The van der Waals surface area contributed by atoms with Crippen LogP contribution in [0.25, 0.3) is 0 Å². The molecule has 0 spiro atoms. The summed E-state index contributed by atoms with van der Waals surface area (Å²) in [5.41, 5.74) is 1.42. The van der Waals surface area contributed by atoms with Gasteiger partial charge in [-0.3, -0.25) is 19.7 Å². The normalized spacial score (nSPS) is 11.5. The van der Waals surface area contributed by atoms with Crippen LogP contribution in [-0.2, 0) is 9.59 Å². The Morgan fingerprint density at radius 3 is 2.44 bits per heavy atom. The largest absolute Gasteiger partial charge is 0.355 e. The molecule has 2 aromatic rings. The number of amides is 2. The van der Waals surface area contributed by atoms with Crippen LogP contribution in [0.15, 0.2) is 48.5 Å². The molecule has 0 bridgehead atoms. The van der Waals surface area contributed by atoms with Gasteiger partial charge in [-0.2, -0.15) is 0 Å². The van der Waals surface area contributed by atoms with Gasteiger partial charge in [-0.1, -0.05) is 36.4 Å². The molecule has 2 aromatic carbocycles. The Kier molecular flexibility index (Phi) is 7.01. The van der Waals surface area contributed by atoms with Crippen LogP contribution in [0.5, 0.6) is 0 Å². The third kappa shape index (κ3) is 5.89. The van der Waals surface area contributed by atoms with E-state index in [2.05, 4.69) is 16.0 Å². The maximum Gasteiger partial charge on any atom is 0.293 e. The van der Waals surface area contributed by atoms with Gasteiger partial charge in [-0.25, -0.2) is 0 Å². The predicted molar refractivity (Wildman–Crippen MR) is 102 cm³/mol. The molecule has 2 rings (SSSR count). The van der Waals surface area contributed by atoms with E-state index in [0.29, 0.717) is 18.7 Å². The van der Waals surface area contributed by atoms with Gasteiger partial charge in [0, 0.05) is 26.1 Å². The molecule has 0 aromatic heterocycles. The zero-order chi connectivity index (χ0) is 19.8. The summed E-state index contributed by atoms with van der Waals surface area (Å²) in [6, 6.07) is 12.9. The van der Waals surface area contributed by atoms with Crippen molar-refractivity contribution in [3.05, 3.63) is 69.8 Å². The maximum absolute atomic E-state index is 12.8. The minimum Gasteiger partial charge on any atom is -0.355 e. The number of nitrogens with zero attached hydrogens (tertiary/aromatic N) is 1. The zero-order valence-electron chi connectivity index (χ0n) is 15.2. The van der Waals surface area contributed by atoms with Crippen molar-refractivity contribution in [2.75, 3.05) is 18.4 Å². The van der Waals surface area contributed by atoms with Crippen molar-refractivity contribution in [2.24, 2.45) is 0 Å². The number of hydrogen-bond donors (Lipinski definition) is 3. The number of rotatable bonds is 8. The highest BCUT2D eigenvalue weighted by atomic mass is 16.6. The van der Waals surface area contributed by atoms with Crippen molar-refractivity contribution in [2.45, 2.75) is 19.9 Å². The van der Waals surface area contributed by atoms with Crippen LogP contribution in [0.2, 0.25) is 0 Å². The molecule has 8 nitrogen and oxygen atoms in total. The molecular weight excluding hydrogens is 348 g/mol. The van der Waals surface area contributed by atoms with E-state index in [4.69, 9.17) is 0 Å². The average molecular weight is 370 g/mol. The minimum atomic E-state index is -0.721. The number of nitro groups is 1. The quantitative estimate of drug-likeness (QED) is 0.375. The molecule has 0 radical (unpaired) electrons. The van der Waals surface area contributed by atoms with Crippen molar-refractivity contribution >= 4 is 23.2 Å². The van der Waals surface area contributed by atoms with Gasteiger partial charge < -0.3 is 16.0 Å². The Morgan fingerprint density at radius 1 is 1.11 bits per heavy atom. The molecule has 0 fully saturated rings. The highest BCUT2D eigenvalue weighted by Gasteiger charge is 2.23. The predicted octanol–water partition coefficient (Wildman–Crippen LogP) is 2.31. The van der Waals surface area contributed by atoms with Crippen molar-refractivity contribution in [3.8, 4) is 0 Å². The molecule has 1 atom stereocenters. The fourth-order valence-electron chi connectivity index (χ4n) is 2.57. The highest BCUT2D eigenvalue weighted by Crippen LogP contribution is 2.26. The third-order valence-electron chi connectivity index (χ3n) is 3.85. The van der Waals surface area contributed by atoms with Crippen LogP contribution >= 0.6 is 0 Å². The Morgan fingerprint density at radius 2 is 1.81 bits per heavy atom. The highest BCUT2D eigenvalue weighted by molar-refractivity contribution is 5.97. The fraction of sp³-hybridized carbons (Fsp3) is 0.263. The van der Waals surface area contributed by atoms with Gasteiger partial charge >= 0.3 is 0 Å². The van der Waals surface area contributed by atoms with E-state index in [-0.39, 0.29) is 17.3 Å². The summed E-state index contributed by atoms with van der Waals surface area (Å²) in [4.78, 5) is 34.5. The lowest BCUT2D eigenvalue weighted by Crippen LogP contribution is -2.38. The number of nitro benzene ring substituents is 1. The molecule has 27 heavy (non-hydrogen) atoms. The van der Waals surface area contributed by atoms with Crippen LogP contribution in [0.3, 0.4) is 0 Å². The number of aryl methyl sites for hydroxylation is 1. The van der Waals surface area contributed by atoms with Crippen LogP contribution in [0, 0.1) is 17.0 Å². The van der Waals surface area contributed by atoms with Crippen LogP contribution in [0.4, 0.5) is 11.4 Å². The first-order valence-corrected chi connectivity index (χ1v) is 8.47. The van der Waals surface area contributed by atoms with E-state index in [0.717, 1.165) is 5.56 Å². The van der Waals surface area contributed by atoms with E-state index >= 15 is 0 Å². The Bertz CT molecular complexity index is 824. The lowest BCUT2D eigenvalue weighted by molar-refractivity contribution is -0.384. The van der Waals surface area contributed by atoms with Crippen LogP contribution in [-0.4, -0.2) is 29.8 Å². The Hall–Kier alpha value is -3.26. The topological polar surface area (TPSA) is 113 Å². The second-order valence-corrected chi connectivity index (χ2v) is 6.05. The molecule has 0 saturated carbocycles. The van der Waals surface area contributed by atoms with Gasteiger partial charge in [0.15, 0.2) is 0 Å². The molecule has 8 heteroatoms. The van der Waals surface area contributed by atoms with Crippen molar-refractivity contribution in [1.29, 1.82) is 0 Å². The molecule has 0 heterocycles. The first-order chi connectivity index (χ1) is 12.9. The smallest absolute Gasteiger partial charge is 0.293 e. The van der Waals surface area contributed by atoms with E-state index in [1.807, 2.05) is 6.07 Å². The number of nitrogens with one attached hydrogen (secondary N) is 3. The molecule has 0 aliphatic rings. The number of carbonyl (C=O) groups is 2. The zero-order valence-corrected chi connectivity index (χ0v) is 15.2.